The lowest BCUT2D eigenvalue weighted by atomic mass is 9.73. The fraction of sp³-hybridized carbons (Fsp3) is 0.242. The lowest BCUT2D eigenvalue weighted by Crippen LogP contribution is -2.40. The summed E-state index contributed by atoms with van der Waals surface area (Å²) in [7, 11) is 1.63. The summed E-state index contributed by atoms with van der Waals surface area (Å²) in [5.74, 6) is 0.629. The normalized spacial score (nSPS) is 17.9. The number of pyridine rings is 1. The van der Waals surface area contributed by atoms with Crippen LogP contribution in [0.25, 0.3) is 10.9 Å². The van der Waals surface area contributed by atoms with E-state index in [0.717, 1.165) is 45.7 Å². The molecule has 7 nitrogen and oxygen atoms in total. The first-order valence-corrected chi connectivity index (χ1v) is 13.5. The highest BCUT2D eigenvalue weighted by Crippen LogP contribution is 2.48. The number of methoxy groups -OCH3 is 1. The first-order chi connectivity index (χ1) is 19.3. The molecule has 2 heterocycles. The van der Waals surface area contributed by atoms with Gasteiger partial charge in [-0.3, -0.25) is 14.6 Å². The monoisotopic (exact) mass is 532 g/mol. The molecule has 0 bridgehead atoms. The van der Waals surface area contributed by atoms with Crippen molar-refractivity contribution in [3.8, 4) is 5.75 Å². The van der Waals surface area contributed by atoms with Crippen molar-refractivity contribution < 1.29 is 14.3 Å². The zero-order valence-electron chi connectivity index (χ0n) is 22.9. The van der Waals surface area contributed by atoms with E-state index < -0.39 is 6.04 Å². The van der Waals surface area contributed by atoms with Gasteiger partial charge in [0, 0.05) is 23.1 Å². The minimum atomic E-state index is -0.457. The van der Waals surface area contributed by atoms with Crippen LogP contribution in [0.2, 0.25) is 0 Å². The van der Waals surface area contributed by atoms with Crippen LogP contribution in [0.3, 0.4) is 0 Å². The van der Waals surface area contributed by atoms with Crippen LogP contribution in [-0.4, -0.2) is 30.3 Å². The smallest absolute Gasteiger partial charge is 0.243 e. The van der Waals surface area contributed by atoms with Crippen molar-refractivity contribution in [3.05, 3.63) is 102 Å². The van der Waals surface area contributed by atoms with Gasteiger partial charge in [-0.2, -0.15) is 0 Å². The summed E-state index contributed by atoms with van der Waals surface area (Å²) >= 11 is 0. The molecule has 7 heteroatoms. The number of allylic oxidation sites excluding steroid dienone is 1. The molecular weight excluding hydrogens is 500 g/mol. The van der Waals surface area contributed by atoms with Crippen molar-refractivity contribution in [3.63, 3.8) is 0 Å². The highest BCUT2D eigenvalue weighted by molar-refractivity contribution is 6.03. The first-order valence-electron chi connectivity index (χ1n) is 13.5. The number of ketones is 1. The number of nitrogens with zero attached hydrogens (tertiary/aromatic N) is 2. The molecule has 1 atom stereocenters. The fourth-order valence-electron chi connectivity index (χ4n) is 5.85. The van der Waals surface area contributed by atoms with Gasteiger partial charge in [-0.15, -0.1) is 0 Å². The number of carbonyl (C=O) groups is 2. The van der Waals surface area contributed by atoms with Gasteiger partial charge in [-0.05, 0) is 53.8 Å². The Morgan fingerprint density at radius 2 is 1.80 bits per heavy atom. The van der Waals surface area contributed by atoms with E-state index in [0.29, 0.717) is 17.7 Å². The lowest BCUT2D eigenvalue weighted by Gasteiger charge is -2.37. The van der Waals surface area contributed by atoms with Crippen molar-refractivity contribution in [2.45, 2.75) is 32.7 Å². The van der Waals surface area contributed by atoms with Gasteiger partial charge in [-0.1, -0.05) is 56.3 Å². The molecule has 1 aliphatic carbocycles. The maximum atomic E-state index is 13.8. The average Bonchev–Trinajstić information content (AvgIpc) is 3.07. The van der Waals surface area contributed by atoms with Gasteiger partial charge >= 0.3 is 0 Å². The molecule has 1 unspecified atom stereocenters. The molecular formula is C33H32N4O3. The zero-order valence-corrected chi connectivity index (χ0v) is 22.9. The maximum absolute atomic E-state index is 13.8. The van der Waals surface area contributed by atoms with Crippen molar-refractivity contribution in [2.75, 3.05) is 29.2 Å². The third-order valence-electron chi connectivity index (χ3n) is 7.62. The number of para-hydroxylation sites is 3. The second-order valence-electron chi connectivity index (χ2n) is 11.2. The van der Waals surface area contributed by atoms with Crippen LogP contribution in [0, 0.1) is 5.41 Å². The number of carbonyl (C=O) groups excluding carboxylic acids is 2. The Labute approximate surface area is 233 Å². The first kappa shape index (κ1) is 25.6. The molecule has 0 fully saturated rings. The number of hydrogen-bond donors (Lipinski definition) is 2. The molecule has 4 aromatic rings. The van der Waals surface area contributed by atoms with Crippen molar-refractivity contribution in [1.29, 1.82) is 0 Å². The highest BCUT2D eigenvalue weighted by Gasteiger charge is 2.41. The van der Waals surface area contributed by atoms with Crippen molar-refractivity contribution in [2.24, 2.45) is 5.41 Å². The summed E-state index contributed by atoms with van der Waals surface area (Å²) in [6.07, 6.45) is 2.85. The van der Waals surface area contributed by atoms with Gasteiger partial charge in [0.05, 0.1) is 48.5 Å². The van der Waals surface area contributed by atoms with Gasteiger partial charge in [0.25, 0.3) is 0 Å². The molecule has 0 saturated heterocycles. The topological polar surface area (TPSA) is 83.6 Å². The van der Waals surface area contributed by atoms with E-state index in [1.165, 1.54) is 0 Å². The summed E-state index contributed by atoms with van der Waals surface area (Å²) in [4.78, 5) is 34.0. The maximum Gasteiger partial charge on any atom is 0.243 e. The largest absolute Gasteiger partial charge is 0.497 e. The quantitative estimate of drug-likeness (QED) is 0.305. The summed E-state index contributed by atoms with van der Waals surface area (Å²) in [5, 5.41) is 7.58. The Morgan fingerprint density at radius 3 is 2.60 bits per heavy atom. The van der Waals surface area contributed by atoms with E-state index in [2.05, 4.69) is 29.5 Å². The van der Waals surface area contributed by atoms with Gasteiger partial charge in [0.2, 0.25) is 5.91 Å². The molecule has 2 N–H and O–H groups in total. The number of Topliss-reactive ketones (excluding diaryl/α,β-unsaturated/α-hetero) is 1. The molecule has 2 aliphatic rings. The summed E-state index contributed by atoms with van der Waals surface area (Å²) in [6.45, 7) is 4.28. The van der Waals surface area contributed by atoms with Gasteiger partial charge in [0.1, 0.15) is 5.75 Å². The van der Waals surface area contributed by atoms with E-state index in [1.54, 1.807) is 13.3 Å². The summed E-state index contributed by atoms with van der Waals surface area (Å²) in [6, 6.07) is 24.9. The van der Waals surface area contributed by atoms with Crippen molar-refractivity contribution in [1.82, 2.24) is 4.98 Å². The number of amides is 1. The Hall–Kier alpha value is -4.65. The molecule has 1 aliphatic heterocycles. The van der Waals surface area contributed by atoms with E-state index in [1.807, 2.05) is 83.8 Å². The molecule has 0 saturated carbocycles. The molecule has 40 heavy (non-hydrogen) atoms. The molecule has 0 radical (unpaired) electrons. The number of hydrogen-bond acceptors (Lipinski definition) is 6. The number of nitrogens with one attached hydrogen (secondary N) is 2. The second-order valence-corrected chi connectivity index (χ2v) is 11.2. The lowest BCUT2D eigenvalue weighted by molar-refractivity contribution is -0.119. The molecule has 0 spiro atoms. The van der Waals surface area contributed by atoms with Gasteiger partial charge in [0.15, 0.2) is 5.78 Å². The number of anilines is 3. The number of benzene rings is 3. The zero-order chi connectivity index (χ0) is 27.9. The third kappa shape index (κ3) is 4.91. The highest BCUT2D eigenvalue weighted by atomic mass is 16.5. The minimum absolute atomic E-state index is 0.0374. The number of ether oxygens (including phenoxy) is 1. The van der Waals surface area contributed by atoms with E-state index in [9.17, 15) is 9.59 Å². The minimum Gasteiger partial charge on any atom is -0.497 e. The Kier molecular flexibility index (Phi) is 6.50. The molecule has 3 aromatic carbocycles. The standard InChI is InChI=1S/C33H32N4O3/c1-33(2)17-27-31(29(38)18-33)32(21-12-14-24(40-3)15-13-21)37(28-11-7-6-10-26(28)36-27)20-30(39)35-23-16-22-8-4-5-9-25(22)34-19-23/h4-16,19,32,36H,17-18,20H2,1-3H3,(H,35,39). The van der Waals surface area contributed by atoms with Crippen LogP contribution in [0.15, 0.2) is 96.3 Å². The molecule has 6 rings (SSSR count). The summed E-state index contributed by atoms with van der Waals surface area (Å²) in [5.41, 5.74) is 5.59. The van der Waals surface area contributed by atoms with Crippen LogP contribution in [-0.2, 0) is 9.59 Å². The number of aromatic nitrogens is 1. The van der Waals surface area contributed by atoms with Crippen LogP contribution < -0.4 is 20.3 Å². The number of rotatable bonds is 5. The third-order valence-corrected chi connectivity index (χ3v) is 7.62. The van der Waals surface area contributed by atoms with E-state index in [-0.39, 0.29) is 23.7 Å². The molecule has 1 aromatic heterocycles. The van der Waals surface area contributed by atoms with Gasteiger partial charge in [-0.25, -0.2) is 0 Å². The average molecular weight is 533 g/mol. The van der Waals surface area contributed by atoms with Gasteiger partial charge < -0.3 is 20.3 Å². The molecule has 202 valence electrons. The predicted octanol–water partition coefficient (Wildman–Crippen LogP) is 6.50. The fourth-order valence-corrected chi connectivity index (χ4v) is 5.85. The van der Waals surface area contributed by atoms with E-state index in [4.69, 9.17) is 4.74 Å². The van der Waals surface area contributed by atoms with Crippen LogP contribution in [0.4, 0.5) is 17.1 Å². The second kappa shape index (κ2) is 10.2. The summed E-state index contributed by atoms with van der Waals surface area (Å²) < 4.78 is 5.41. The Balaban J connectivity index is 1.43. The van der Waals surface area contributed by atoms with E-state index >= 15 is 0 Å². The van der Waals surface area contributed by atoms with Crippen LogP contribution >= 0.6 is 0 Å². The Bertz CT molecular complexity index is 1640. The Morgan fingerprint density at radius 1 is 1.05 bits per heavy atom. The number of fused-ring (bicyclic) bond motifs is 2. The van der Waals surface area contributed by atoms with Crippen LogP contribution in [0.1, 0.15) is 38.3 Å². The van der Waals surface area contributed by atoms with Crippen molar-refractivity contribution >= 4 is 39.7 Å². The molecule has 1 amide bonds. The predicted molar refractivity (Wildman–Crippen MR) is 159 cm³/mol. The SMILES string of the molecule is COc1ccc(C2C3=C(CC(C)(C)CC3=O)Nc3ccccc3N2CC(=O)Nc2cnc3ccccc3c2)cc1. The van der Waals surface area contributed by atoms with Crippen LogP contribution in [0.5, 0.6) is 5.75 Å².